The third-order valence-electron chi connectivity index (χ3n) is 2.77. The minimum absolute atomic E-state index is 0.292. The molecule has 0 saturated carbocycles. The lowest BCUT2D eigenvalue weighted by Crippen LogP contribution is -2.11. The highest BCUT2D eigenvalue weighted by molar-refractivity contribution is 5.54. The Morgan fingerprint density at radius 3 is 2.81 bits per heavy atom. The van der Waals surface area contributed by atoms with E-state index in [9.17, 15) is 0 Å². The van der Waals surface area contributed by atoms with Crippen LogP contribution in [0.2, 0.25) is 0 Å². The van der Waals surface area contributed by atoms with E-state index >= 15 is 0 Å². The first-order chi connectivity index (χ1) is 7.67. The second kappa shape index (κ2) is 6.37. The fourth-order valence-electron chi connectivity index (χ4n) is 1.69. The molecule has 0 heterocycles. The summed E-state index contributed by atoms with van der Waals surface area (Å²) in [6.45, 7) is 10.2. The summed E-state index contributed by atoms with van der Waals surface area (Å²) in [4.78, 5) is 0. The fraction of sp³-hybridized carbons (Fsp3) is 0.467. The first-order valence-electron chi connectivity index (χ1n) is 6.07. The minimum Gasteiger partial charge on any atom is -0.491 e. The molecule has 0 saturated heterocycles. The molecule has 1 rings (SSSR count). The van der Waals surface area contributed by atoms with Gasteiger partial charge in [-0.1, -0.05) is 38.5 Å². The topological polar surface area (TPSA) is 9.23 Å². The second-order valence-corrected chi connectivity index (χ2v) is 4.29. The predicted molar refractivity (Wildman–Crippen MR) is 70.9 cm³/mol. The van der Waals surface area contributed by atoms with Crippen molar-refractivity contribution in [3.8, 4) is 5.75 Å². The van der Waals surface area contributed by atoms with Gasteiger partial charge in [0.25, 0.3) is 0 Å². The number of benzene rings is 1. The van der Waals surface area contributed by atoms with Gasteiger partial charge in [-0.2, -0.15) is 0 Å². The zero-order chi connectivity index (χ0) is 12.0. The molecule has 1 aromatic carbocycles. The molecule has 0 aliphatic heterocycles. The van der Waals surface area contributed by atoms with Crippen molar-refractivity contribution in [2.75, 3.05) is 0 Å². The lowest BCUT2D eigenvalue weighted by atomic mass is 10.1. The lowest BCUT2D eigenvalue weighted by molar-refractivity contribution is 0.207. The largest absolute Gasteiger partial charge is 0.491 e. The van der Waals surface area contributed by atoms with Crippen molar-refractivity contribution in [1.82, 2.24) is 0 Å². The van der Waals surface area contributed by atoms with E-state index in [1.807, 2.05) is 12.1 Å². The predicted octanol–water partition coefficient (Wildman–Crippen LogP) is 4.60. The fourth-order valence-corrected chi connectivity index (χ4v) is 1.69. The van der Waals surface area contributed by atoms with Crippen LogP contribution in [0.25, 0.3) is 6.08 Å². The SMILES string of the molecule is C=Cc1cc(OC(C)CCCC)ccc1C. The van der Waals surface area contributed by atoms with Crippen LogP contribution in [0.3, 0.4) is 0 Å². The number of ether oxygens (including phenoxy) is 1. The minimum atomic E-state index is 0.292. The number of aryl methyl sites for hydroxylation is 1. The van der Waals surface area contributed by atoms with E-state index in [1.165, 1.54) is 18.4 Å². The molecule has 1 atom stereocenters. The van der Waals surface area contributed by atoms with Crippen molar-refractivity contribution in [2.24, 2.45) is 0 Å². The summed E-state index contributed by atoms with van der Waals surface area (Å²) < 4.78 is 5.87. The smallest absolute Gasteiger partial charge is 0.120 e. The number of unbranched alkanes of at least 4 members (excludes halogenated alkanes) is 1. The average molecular weight is 218 g/mol. The average Bonchev–Trinajstić information content (AvgIpc) is 2.29. The van der Waals surface area contributed by atoms with Gasteiger partial charge in [0, 0.05) is 0 Å². The summed E-state index contributed by atoms with van der Waals surface area (Å²) in [7, 11) is 0. The molecule has 1 heteroatoms. The maximum Gasteiger partial charge on any atom is 0.120 e. The monoisotopic (exact) mass is 218 g/mol. The molecule has 16 heavy (non-hydrogen) atoms. The van der Waals surface area contributed by atoms with Crippen LogP contribution in [0.1, 0.15) is 44.2 Å². The van der Waals surface area contributed by atoms with Crippen molar-refractivity contribution >= 4 is 6.08 Å². The number of hydrogen-bond acceptors (Lipinski definition) is 1. The summed E-state index contributed by atoms with van der Waals surface area (Å²) >= 11 is 0. The Balaban J connectivity index is 2.63. The zero-order valence-corrected chi connectivity index (χ0v) is 10.6. The van der Waals surface area contributed by atoms with Crippen molar-refractivity contribution in [3.05, 3.63) is 35.9 Å². The van der Waals surface area contributed by atoms with Crippen molar-refractivity contribution in [2.45, 2.75) is 46.1 Å². The van der Waals surface area contributed by atoms with Crippen LogP contribution in [0, 0.1) is 6.92 Å². The van der Waals surface area contributed by atoms with Crippen LogP contribution >= 0.6 is 0 Å². The molecule has 0 spiro atoms. The number of hydrogen-bond donors (Lipinski definition) is 0. The molecule has 1 nitrogen and oxygen atoms in total. The molecule has 88 valence electrons. The standard InChI is InChI=1S/C15H22O/c1-5-7-8-13(4)16-15-10-9-12(3)14(6-2)11-15/h6,9-11,13H,2,5,7-8H2,1,3-4H3. The Kier molecular flexibility index (Phi) is 5.10. The van der Waals surface area contributed by atoms with Gasteiger partial charge in [0.05, 0.1) is 6.10 Å². The van der Waals surface area contributed by atoms with Gasteiger partial charge in [-0.15, -0.1) is 0 Å². The maximum absolute atomic E-state index is 5.87. The molecule has 0 N–H and O–H groups in total. The van der Waals surface area contributed by atoms with Crippen LogP contribution in [0.4, 0.5) is 0 Å². The van der Waals surface area contributed by atoms with E-state index in [2.05, 4.69) is 39.5 Å². The quantitative estimate of drug-likeness (QED) is 0.678. The van der Waals surface area contributed by atoms with Gasteiger partial charge in [0.1, 0.15) is 5.75 Å². The van der Waals surface area contributed by atoms with Gasteiger partial charge in [-0.3, -0.25) is 0 Å². The van der Waals surface area contributed by atoms with Crippen LogP contribution in [0.15, 0.2) is 24.8 Å². The molecule has 0 bridgehead atoms. The Bertz CT molecular complexity index is 341. The summed E-state index contributed by atoms with van der Waals surface area (Å²) in [6, 6.07) is 6.18. The molecule has 0 aromatic heterocycles. The van der Waals surface area contributed by atoms with E-state index in [0.717, 1.165) is 17.7 Å². The summed E-state index contributed by atoms with van der Waals surface area (Å²) in [5.41, 5.74) is 2.39. The van der Waals surface area contributed by atoms with Gasteiger partial charge in [-0.05, 0) is 43.5 Å². The van der Waals surface area contributed by atoms with E-state index in [0.29, 0.717) is 6.10 Å². The molecular formula is C15H22O. The summed E-state index contributed by atoms with van der Waals surface area (Å²) in [5.74, 6) is 0.948. The molecule has 1 unspecified atom stereocenters. The summed E-state index contributed by atoms with van der Waals surface area (Å²) in [6.07, 6.45) is 5.73. The van der Waals surface area contributed by atoms with Crippen molar-refractivity contribution in [3.63, 3.8) is 0 Å². The van der Waals surface area contributed by atoms with Gasteiger partial charge < -0.3 is 4.74 Å². The van der Waals surface area contributed by atoms with E-state index < -0.39 is 0 Å². The van der Waals surface area contributed by atoms with Crippen LogP contribution in [-0.2, 0) is 0 Å². The highest BCUT2D eigenvalue weighted by Crippen LogP contribution is 2.20. The highest BCUT2D eigenvalue weighted by Gasteiger charge is 2.04. The molecule has 1 aromatic rings. The molecular weight excluding hydrogens is 196 g/mol. The van der Waals surface area contributed by atoms with Gasteiger partial charge >= 0.3 is 0 Å². The van der Waals surface area contributed by atoms with E-state index in [-0.39, 0.29) is 0 Å². The molecule has 0 amide bonds. The lowest BCUT2D eigenvalue weighted by Gasteiger charge is -2.15. The molecule has 0 radical (unpaired) electrons. The number of rotatable bonds is 6. The van der Waals surface area contributed by atoms with Crippen molar-refractivity contribution in [1.29, 1.82) is 0 Å². The Labute approximate surface area is 99.1 Å². The Morgan fingerprint density at radius 1 is 1.44 bits per heavy atom. The van der Waals surface area contributed by atoms with E-state index in [1.54, 1.807) is 0 Å². The van der Waals surface area contributed by atoms with Crippen LogP contribution < -0.4 is 4.74 Å². The second-order valence-electron chi connectivity index (χ2n) is 4.29. The van der Waals surface area contributed by atoms with Crippen molar-refractivity contribution < 1.29 is 4.74 Å². The molecule has 0 aliphatic rings. The summed E-state index contributed by atoms with van der Waals surface area (Å²) in [5, 5.41) is 0. The first-order valence-corrected chi connectivity index (χ1v) is 6.07. The Morgan fingerprint density at radius 2 is 2.19 bits per heavy atom. The third kappa shape index (κ3) is 3.73. The van der Waals surface area contributed by atoms with Gasteiger partial charge in [0.15, 0.2) is 0 Å². The molecule has 0 fully saturated rings. The van der Waals surface area contributed by atoms with Gasteiger partial charge in [-0.25, -0.2) is 0 Å². The third-order valence-corrected chi connectivity index (χ3v) is 2.77. The Hall–Kier alpha value is -1.24. The molecule has 0 aliphatic carbocycles. The van der Waals surface area contributed by atoms with E-state index in [4.69, 9.17) is 4.74 Å². The van der Waals surface area contributed by atoms with Crippen LogP contribution in [-0.4, -0.2) is 6.10 Å². The normalized spacial score (nSPS) is 12.2. The maximum atomic E-state index is 5.87. The highest BCUT2D eigenvalue weighted by atomic mass is 16.5. The first kappa shape index (κ1) is 12.8. The van der Waals surface area contributed by atoms with Crippen LogP contribution in [0.5, 0.6) is 5.75 Å². The van der Waals surface area contributed by atoms with Gasteiger partial charge in [0.2, 0.25) is 0 Å². The zero-order valence-electron chi connectivity index (χ0n) is 10.6.